The first kappa shape index (κ1) is 14.4. The van der Waals surface area contributed by atoms with E-state index >= 15 is 0 Å². The number of rotatable bonds is 6. The highest BCUT2D eigenvalue weighted by atomic mass is 32.2. The minimum absolute atomic E-state index is 0.620. The second-order valence-electron chi connectivity index (χ2n) is 4.88. The van der Waals surface area contributed by atoms with Gasteiger partial charge >= 0.3 is 0 Å². The van der Waals surface area contributed by atoms with Crippen molar-refractivity contribution in [2.75, 3.05) is 19.5 Å². The summed E-state index contributed by atoms with van der Waals surface area (Å²) in [6.45, 7) is 2.74. The summed E-state index contributed by atoms with van der Waals surface area (Å²) in [5, 5.41) is 3.38. The molecule has 5 heteroatoms. The number of thioether (sulfide) groups is 1. The van der Waals surface area contributed by atoms with Gasteiger partial charge in [-0.3, -0.25) is 0 Å². The standard InChI is InChI=1S/C16H19NO3S/c1-21-11-14-4-3-13(20-14)10-17-9-12-2-5-15-16(8-12)19-7-6-18-15/h2-5,8,17H,6-7,9-11H2,1H3. The number of furan rings is 1. The number of ether oxygens (including phenoxy) is 2. The van der Waals surface area contributed by atoms with Gasteiger partial charge in [0.2, 0.25) is 0 Å². The van der Waals surface area contributed by atoms with Crippen molar-refractivity contribution in [3.8, 4) is 11.5 Å². The molecule has 2 aromatic rings. The van der Waals surface area contributed by atoms with Crippen LogP contribution in [0.25, 0.3) is 0 Å². The monoisotopic (exact) mass is 305 g/mol. The number of benzene rings is 1. The maximum Gasteiger partial charge on any atom is 0.161 e. The van der Waals surface area contributed by atoms with Crippen molar-refractivity contribution in [3.05, 3.63) is 47.4 Å². The summed E-state index contributed by atoms with van der Waals surface area (Å²) in [4.78, 5) is 0. The Kier molecular flexibility index (Phi) is 4.72. The first-order valence-corrected chi connectivity index (χ1v) is 8.40. The molecule has 1 aliphatic rings. The van der Waals surface area contributed by atoms with Gasteiger partial charge in [0.25, 0.3) is 0 Å². The molecule has 1 N–H and O–H groups in total. The van der Waals surface area contributed by atoms with Crippen LogP contribution in [0, 0.1) is 0 Å². The van der Waals surface area contributed by atoms with Gasteiger partial charge in [-0.25, -0.2) is 0 Å². The highest BCUT2D eigenvalue weighted by Crippen LogP contribution is 2.30. The molecule has 112 valence electrons. The lowest BCUT2D eigenvalue weighted by atomic mass is 10.2. The number of fused-ring (bicyclic) bond motifs is 1. The van der Waals surface area contributed by atoms with Gasteiger partial charge < -0.3 is 19.2 Å². The van der Waals surface area contributed by atoms with Crippen LogP contribution >= 0.6 is 11.8 Å². The molecule has 0 amide bonds. The largest absolute Gasteiger partial charge is 0.486 e. The summed E-state index contributed by atoms with van der Waals surface area (Å²) in [5.74, 6) is 4.58. The fourth-order valence-corrected chi connectivity index (χ4v) is 2.70. The SMILES string of the molecule is CSCc1ccc(CNCc2ccc3c(c2)OCCO3)o1. The Morgan fingerprint density at radius 2 is 1.81 bits per heavy atom. The molecule has 0 saturated heterocycles. The highest BCUT2D eigenvalue weighted by molar-refractivity contribution is 7.97. The van der Waals surface area contributed by atoms with Gasteiger partial charge in [0, 0.05) is 6.54 Å². The van der Waals surface area contributed by atoms with Gasteiger partial charge in [0.1, 0.15) is 24.7 Å². The fraction of sp³-hybridized carbons (Fsp3) is 0.375. The number of hydrogen-bond acceptors (Lipinski definition) is 5. The fourth-order valence-electron chi connectivity index (χ4n) is 2.26. The van der Waals surface area contributed by atoms with E-state index in [1.807, 2.05) is 24.3 Å². The third-order valence-corrected chi connectivity index (χ3v) is 3.81. The molecule has 3 rings (SSSR count). The second-order valence-corrected chi connectivity index (χ2v) is 5.75. The zero-order valence-electron chi connectivity index (χ0n) is 12.1. The van der Waals surface area contributed by atoms with Crippen LogP contribution in [0.5, 0.6) is 11.5 Å². The Labute approximate surface area is 128 Å². The average Bonchev–Trinajstić information content (AvgIpc) is 2.95. The summed E-state index contributed by atoms with van der Waals surface area (Å²) in [7, 11) is 0. The van der Waals surface area contributed by atoms with Crippen molar-refractivity contribution in [1.29, 1.82) is 0 Å². The Morgan fingerprint density at radius 3 is 2.67 bits per heavy atom. The maximum atomic E-state index is 5.72. The number of nitrogens with one attached hydrogen (secondary N) is 1. The molecule has 0 aliphatic carbocycles. The van der Waals surface area contributed by atoms with Crippen LogP contribution in [0.1, 0.15) is 17.1 Å². The van der Waals surface area contributed by atoms with E-state index in [9.17, 15) is 0 Å². The first-order chi connectivity index (χ1) is 10.3. The topological polar surface area (TPSA) is 43.6 Å². The molecule has 0 radical (unpaired) electrons. The molecule has 4 nitrogen and oxygen atoms in total. The van der Waals surface area contributed by atoms with Gasteiger partial charge in [-0.05, 0) is 36.1 Å². The van der Waals surface area contributed by atoms with Gasteiger partial charge in [-0.1, -0.05) is 6.07 Å². The molecule has 0 spiro atoms. The molecule has 2 heterocycles. The third-order valence-electron chi connectivity index (χ3n) is 3.24. The zero-order chi connectivity index (χ0) is 14.5. The highest BCUT2D eigenvalue weighted by Gasteiger charge is 2.11. The smallest absolute Gasteiger partial charge is 0.161 e. The summed E-state index contributed by atoms with van der Waals surface area (Å²) >= 11 is 1.76. The van der Waals surface area contributed by atoms with Crippen LogP contribution in [0.15, 0.2) is 34.7 Å². The van der Waals surface area contributed by atoms with Crippen molar-refractivity contribution < 1.29 is 13.9 Å². The predicted octanol–water partition coefficient (Wildman–Crippen LogP) is 3.20. The van der Waals surface area contributed by atoms with E-state index in [1.54, 1.807) is 11.8 Å². The molecule has 0 unspecified atom stereocenters. The molecule has 0 atom stereocenters. The second kappa shape index (κ2) is 6.91. The molecule has 0 bridgehead atoms. The molecule has 0 saturated carbocycles. The zero-order valence-corrected chi connectivity index (χ0v) is 12.9. The van der Waals surface area contributed by atoms with Gasteiger partial charge in [-0.15, -0.1) is 0 Å². The van der Waals surface area contributed by atoms with Crippen LogP contribution in [0.2, 0.25) is 0 Å². The Hall–Kier alpha value is -1.59. The lowest BCUT2D eigenvalue weighted by molar-refractivity contribution is 0.171. The summed E-state index contributed by atoms with van der Waals surface area (Å²) in [6, 6.07) is 10.1. The Bertz CT molecular complexity index is 597. The van der Waals surface area contributed by atoms with E-state index in [1.165, 1.54) is 5.56 Å². The van der Waals surface area contributed by atoms with E-state index in [0.717, 1.165) is 41.9 Å². The minimum Gasteiger partial charge on any atom is -0.486 e. The van der Waals surface area contributed by atoms with E-state index in [4.69, 9.17) is 13.9 Å². The van der Waals surface area contributed by atoms with Crippen LogP contribution in [0.3, 0.4) is 0 Å². The van der Waals surface area contributed by atoms with Crippen LogP contribution in [-0.2, 0) is 18.8 Å². The van der Waals surface area contributed by atoms with E-state index in [2.05, 4.69) is 17.6 Å². The maximum absolute atomic E-state index is 5.72. The molecule has 0 fully saturated rings. The Balaban J connectivity index is 1.52. The summed E-state index contributed by atoms with van der Waals surface area (Å²) in [6.07, 6.45) is 2.07. The van der Waals surface area contributed by atoms with Gasteiger partial charge in [0.15, 0.2) is 11.5 Å². The minimum atomic E-state index is 0.620. The normalized spacial score (nSPS) is 13.4. The molecule has 1 aromatic heterocycles. The molecule has 1 aliphatic heterocycles. The molecule has 21 heavy (non-hydrogen) atoms. The average molecular weight is 305 g/mol. The Morgan fingerprint density at radius 1 is 1.00 bits per heavy atom. The van der Waals surface area contributed by atoms with Crippen molar-refractivity contribution >= 4 is 11.8 Å². The predicted molar refractivity (Wildman–Crippen MR) is 83.9 cm³/mol. The van der Waals surface area contributed by atoms with Crippen molar-refractivity contribution in [2.45, 2.75) is 18.8 Å². The number of hydrogen-bond donors (Lipinski definition) is 1. The van der Waals surface area contributed by atoms with Gasteiger partial charge in [0.05, 0.1) is 12.3 Å². The van der Waals surface area contributed by atoms with Crippen molar-refractivity contribution in [1.82, 2.24) is 5.32 Å². The van der Waals surface area contributed by atoms with Gasteiger partial charge in [-0.2, -0.15) is 11.8 Å². The summed E-state index contributed by atoms with van der Waals surface area (Å²) in [5.41, 5.74) is 1.18. The van der Waals surface area contributed by atoms with Crippen LogP contribution in [0.4, 0.5) is 0 Å². The third kappa shape index (κ3) is 3.74. The lowest BCUT2D eigenvalue weighted by Gasteiger charge is -2.18. The van der Waals surface area contributed by atoms with Crippen molar-refractivity contribution in [2.24, 2.45) is 0 Å². The lowest BCUT2D eigenvalue weighted by Crippen LogP contribution is -2.16. The van der Waals surface area contributed by atoms with E-state index in [0.29, 0.717) is 13.2 Å². The van der Waals surface area contributed by atoms with Crippen LogP contribution in [-0.4, -0.2) is 19.5 Å². The summed E-state index contributed by atoms with van der Waals surface area (Å²) < 4.78 is 16.8. The van der Waals surface area contributed by atoms with E-state index < -0.39 is 0 Å². The molecule has 1 aromatic carbocycles. The molecular weight excluding hydrogens is 286 g/mol. The molecular formula is C16H19NO3S. The first-order valence-electron chi connectivity index (χ1n) is 7.01. The van der Waals surface area contributed by atoms with Crippen LogP contribution < -0.4 is 14.8 Å². The van der Waals surface area contributed by atoms with E-state index in [-0.39, 0.29) is 0 Å². The van der Waals surface area contributed by atoms with Crippen molar-refractivity contribution in [3.63, 3.8) is 0 Å². The quantitative estimate of drug-likeness (QED) is 0.888.